The summed E-state index contributed by atoms with van der Waals surface area (Å²) in [7, 11) is -1.33. The monoisotopic (exact) mass is 267 g/mol. The maximum absolute atomic E-state index is 10.3. The van der Waals surface area contributed by atoms with Gasteiger partial charge in [0.2, 0.25) is 0 Å². The molecule has 0 aliphatic rings. The first kappa shape index (κ1) is 18.4. The van der Waals surface area contributed by atoms with E-state index in [1.807, 2.05) is 13.8 Å². The number of carboxylic acids is 2. The molecule has 17 heavy (non-hydrogen) atoms. The highest BCUT2D eigenvalue weighted by Crippen LogP contribution is 2.19. The molecule has 0 bridgehead atoms. The van der Waals surface area contributed by atoms with Crippen LogP contribution in [0.2, 0.25) is 0 Å². The predicted molar refractivity (Wildman–Crippen MR) is 63.4 cm³/mol. The SMILES string of the molecule is CCCC(C(=O)O)C(=O)O.CCO[P+](=O)CC. The van der Waals surface area contributed by atoms with Crippen LogP contribution in [0.1, 0.15) is 33.6 Å². The zero-order chi connectivity index (χ0) is 13.8. The number of rotatable bonds is 7. The van der Waals surface area contributed by atoms with Crippen molar-refractivity contribution in [2.45, 2.75) is 33.6 Å². The minimum absolute atomic E-state index is 0.199. The Morgan fingerprint density at radius 2 is 1.65 bits per heavy atom. The van der Waals surface area contributed by atoms with E-state index in [1.54, 1.807) is 6.92 Å². The summed E-state index contributed by atoms with van der Waals surface area (Å²) >= 11 is 0. The van der Waals surface area contributed by atoms with Gasteiger partial charge in [0.1, 0.15) is 0 Å². The molecule has 0 saturated heterocycles. The van der Waals surface area contributed by atoms with Crippen molar-refractivity contribution in [3.8, 4) is 0 Å². The zero-order valence-corrected chi connectivity index (χ0v) is 11.3. The van der Waals surface area contributed by atoms with Crippen molar-refractivity contribution in [3.63, 3.8) is 0 Å². The third-order valence-corrected chi connectivity index (χ3v) is 2.77. The van der Waals surface area contributed by atoms with Crippen LogP contribution in [-0.2, 0) is 18.7 Å². The van der Waals surface area contributed by atoms with Gasteiger partial charge in [0.05, 0.1) is 6.61 Å². The van der Waals surface area contributed by atoms with Crippen LogP contribution in [0.25, 0.3) is 0 Å². The quantitative estimate of drug-likeness (QED) is 0.542. The van der Waals surface area contributed by atoms with Crippen LogP contribution in [0.4, 0.5) is 0 Å². The highest BCUT2D eigenvalue weighted by molar-refractivity contribution is 7.39. The summed E-state index contributed by atoms with van der Waals surface area (Å²) in [5.74, 6) is -3.74. The van der Waals surface area contributed by atoms with Crippen molar-refractivity contribution in [2.75, 3.05) is 12.8 Å². The van der Waals surface area contributed by atoms with E-state index in [0.717, 1.165) is 0 Å². The van der Waals surface area contributed by atoms with Crippen molar-refractivity contribution in [2.24, 2.45) is 5.92 Å². The van der Waals surface area contributed by atoms with E-state index >= 15 is 0 Å². The summed E-state index contributed by atoms with van der Waals surface area (Å²) < 4.78 is 15.0. The molecule has 0 rings (SSSR count). The number of carbonyl (C=O) groups is 2. The molecule has 7 heteroatoms. The maximum atomic E-state index is 10.3. The molecule has 0 aromatic carbocycles. The number of aliphatic carboxylic acids is 2. The molecule has 0 amide bonds. The lowest BCUT2D eigenvalue weighted by Gasteiger charge is -2.02. The molecule has 0 aliphatic carbocycles. The van der Waals surface area contributed by atoms with E-state index in [4.69, 9.17) is 14.7 Å². The highest BCUT2D eigenvalue weighted by atomic mass is 31.1. The average molecular weight is 267 g/mol. The van der Waals surface area contributed by atoms with Crippen LogP contribution < -0.4 is 0 Å². The Morgan fingerprint density at radius 3 is 1.76 bits per heavy atom. The average Bonchev–Trinajstić information content (AvgIpc) is 2.26. The lowest BCUT2D eigenvalue weighted by Crippen LogP contribution is -2.22. The minimum atomic E-state index is -1.33. The van der Waals surface area contributed by atoms with E-state index < -0.39 is 25.9 Å². The molecular formula is C10H20O6P+. The summed E-state index contributed by atoms with van der Waals surface area (Å²) in [4.78, 5) is 20.3. The second-order valence-corrected chi connectivity index (χ2v) is 4.64. The van der Waals surface area contributed by atoms with Gasteiger partial charge in [0, 0.05) is 0 Å². The number of carboxylic acid groups (broad SMARTS) is 2. The minimum Gasteiger partial charge on any atom is -0.481 e. The van der Waals surface area contributed by atoms with E-state index in [0.29, 0.717) is 19.2 Å². The molecule has 0 radical (unpaired) electrons. The largest absolute Gasteiger partial charge is 0.507 e. The highest BCUT2D eigenvalue weighted by Gasteiger charge is 2.23. The van der Waals surface area contributed by atoms with Crippen molar-refractivity contribution < 1.29 is 28.9 Å². The molecule has 0 aliphatic heterocycles. The lowest BCUT2D eigenvalue weighted by atomic mass is 10.1. The molecule has 0 aromatic rings. The van der Waals surface area contributed by atoms with E-state index in [1.165, 1.54) is 0 Å². The Kier molecular flexibility index (Phi) is 12.4. The molecular weight excluding hydrogens is 247 g/mol. The van der Waals surface area contributed by atoms with E-state index in [2.05, 4.69) is 0 Å². The van der Waals surface area contributed by atoms with Crippen molar-refractivity contribution in [1.82, 2.24) is 0 Å². The number of hydrogen-bond donors (Lipinski definition) is 2. The molecule has 1 unspecified atom stereocenters. The van der Waals surface area contributed by atoms with Crippen LogP contribution >= 0.6 is 8.03 Å². The Balaban J connectivity index is 0. The van der Waals surface area contributed by atoms with Crippen LogP contribution in [0.3, 0.4) is 0 Å². The van der Waals surface area contributed by atoms with Gasteiger partial charge in [-0.3, -0.25) is 9.59 Å². The molecule has 1 atom stereocenters. The predicted octanol–water partition coefficient (Wildman–Crippen LogP) is 2.36. The molecule has 0 saturated carbocycles. The van der Waals surface area contributed by atoms with Crippen LogP contribution in [0.15, 0.2) is 0 Å². The van der Waals surface area contributed by atoms with Gasteiger partial charge in [0.25, 0.3) is 0 Å². The van der Waals surface area contributed by atoms with Crippen LogP contribution in [-0.4, -0.2) is 34.9 Å². The normalized spacial score (nSPS) is 10.5. The summed E-state index contributed by atoms with van der Waals surface area (Å²) in [6.45, 7) is 5.99. The first-order valence-electron chi connectivity index (χ1n) is 5.43. The lowest BCUT2D eigenvalue weighted by molar-refractivity contribution is -0.154. The van der Waals surface area contributed by atoms with Crippen molar-refractivity contribution in [3.05, 3.63) is 0 Å². The Bertz CT molecular complexity index is 239. The van der Waals surface area contributed by atoms with Crippen molar-refractivity contribution >= 4 is 20.0 Å². The number of hydrogen-bond acceptors (Lipinski definition) is 4. The molecule has 0 aromatic heterocycles. The third-order valence-electron chi connectivity index (χ3n) is 1.70. The second-order valence-electron chi connectivity index (χ2n) is 3.08. The van der Waals surface area contributed by atoms with Gasteiger partial charge >= 0.3 is 20.0 Å². The fourth-order valence-corrected chi connectivity index (χ4v) is 1.35. The van der Waals surface area contributed by atoms with Gasteiger partial charge in [0.15, 0.2) is 12.1 Å². The Labute approximate surface area is 102 Å². The Morgan fingerprint density at radius 1 is 1.18 bits per heavy atom. The fourth-order valence-electron chi connectivity index (χ4n) is 0.877. The molecule has 2 N–H and O–H groups in total. The van der Waals surface area contributed by atoms with Gasteiger partial charge in [-0.25, -0.2) is 0 Å². The first-order valence-corrected chi connectivity index (χ1v) is 6.80. The molecule has 100 valence electrons. The van der Waals surface area contributed by atoms with Crippen LogP contribution in [0, 0.1) is 5.92 Å². The van der Waals surface area contributed by atoms with Crippen LogP contribution in [0.5, 0.6) is 0 Å². The summed E-state index contributed by atoms with van der Waals surface area (Å²) in [5.41, 5.74) is 0. The van der Waals surface area contributed by atoms with Gasteiger partial charge in [-0.2, -0.15) is 0 Å². The van der Waals surface area contributed by atoms with Gasteiger partial charge < -0.3 is 10.2 Å². The summed E-state index contributed by atoms with van der Waals surface area (Å²) in [6, 6.07) is 0. The van der Waals surface area contributed by atoms with Gasteiger partial charge in [-0.05, 0) is 24.8 Å². The van der Waals surface area contributed by atoms with Gasteiger partial charge in [-0.15, -0.1) is 4.52 Å². The topological polar surface area (TPSA) is 101 Å². The standard InChI is InChI=1S/C6H10O4.C4H10O2P/c1-2-3-4(5(7)8)6(9)10;1-3-6-7(5)4-2/h4H,2-3H2,1H3,(H,7,8)(H,9,10);3-4H2,1-2H3/q;+1. The fraction of sp³-hybridized carbons (Fsp3) is 0.800. The van der Waals surface area contributed by atoms with Gasteiger partial charge in [-0.1, -0.05) is 13.3 Å². The molecule has 0 spiro atoms. The first-order chi connectivity index (χ1) is 7.90. The summed E-state index contributed by atoms with van der Waals surface area (Å²) in [6.07, 6.45) is 1.40. The van der Waals surface area contributed by atoms with Crippen molar-refractivity contribution in [1.29, 1.82) is 0 Å². The molecule has 0 heterocycles. The third kappa shape index (κ3) is 11.3. The Hall–Kier alpha value is -1.00. The summed E-state index contributed by atoms with van der Waals surface area (Å²) in [5, 5.41) is 16.6. The van der Waals surface area contributed by atoms with E-state index in [-0.39, 0.29) is 6.42 Å². The molecule has 6 nitrogen and oxygen atoms in total. The zero-order valence-electron chi connectivity index (χ0n) is 10.4. The smallest absolute Gasteiger partial charge is 0.481 e. The second kappa shape index (κ2) is 11.5. The van der Waals surface area contributed by atoms with E-state index in [9.17, 15) is 14.2 Å². The molecule has 0 fully saturated rings. The maximum Gasteiger partial charge on any atom is 0.507 e.